The van der Waals surface area contributed by atoms with Gasteiger partial charge in [0.25, 0.3) is 0 Å². The van der Waals surface area contributed by atoms with Crippen molar-refractivity contribution in [2.45, 2.75) is 33.8 Å². The third-order valence-corrected chi connectivity index (χ3v) is 2.95. The van der Waals surface area contributed by atoms with Crippen LogP contribution in [-0.4, -0.2) is 72.5 Å². The quantitative estimate of drug-likeness (QED) is 0.621. The van der Waals surface area contributed by atoms with Gasteiger partial charge in [-0.05, 0) is 18.4 Å². The second-order valence-corrected chi connectivity index (χ2v) is 6.31. The number of aliphatic carboxylic acids is 2. The summed E-state index contributed by atoms with van der Waals surface area (Å²) in [7, 11) is 0. The lowest BCUT2D eigenvalue weighted by Crippen LogP contribution is -2.47. The van der Waals surface area contributed by atoms with Gasteiger partial charge in [0.1, 0.15) is 0 Å². The van der Waals surface area contributed by atoms with Crippen molar-refractivity contribution in [1.29, 1.82) is 0 Å². The van der Waals surface area contributed by atoms with Crippen molar-refractivity contribution in [3.05, 3.63) is 0 Å². The summed E-state index contributed by atoms with van der Waals surface area (Å²) in [5, 5.41) is 18.3. The highest BCUT2D eigenvalue weighted by Crippen LogP contribution is 2.07. The Labute approximate surface area is 132 Å². The Kier molecular flexibility index (Phi) is 10.8. The first-order valence-electron chi connectivity index (χ1n) is 7.73. The zero-order chi connectivity index (χ0) is 17.1. The number of nitrogens with one attached hydrogen (secondary N) is 1. The highest BCUT2D eigenvalue weighted by Gasteiger charge is 2.20. The maximum absolute atomic E-state index is 9.10. The molecule has 1 heterocycles. The van der Waals surface area contributed by atoms with Crippen LogP contribution in [0.3, 0.4) is 0 Å². The maximum atomic E-state index is 9.10. The predicted octanol–water partition coefficient (Wildman–Crippen LogP) is 0.744. The number of rotatable bonds is 6. The fraction of sp³-hybridized carbons (Fsp3) is 0.867. The van der Waals surface area contributed by atoms with E-state index in [9.17, 15) is 0 Å². The molecule has 0 spiro atoms. The van der Waals surface area contributed by atoms with E-state index in [2.05, 4.69) is 37.9 Å². The molecule has 0 saturated carbocycles. The Balaban J connectivity index is 0.000000626. The lowest BCUT2D eigenvalue weighted by Gasteiger charge is -2.34. The van der Waals surface area contributed by atoms with E-state index in [1.54, 1.807) is 0 Å². The summed E-state index contributed by atoms with van der Waals surface area (Å²) in [6.45, 7) is 15.4. The van der Waals surface area contributed by atoms with Crippen molar-refractivity contribution in [2.24, 2.45) is 11.8 Å². The number of carboxylic acid groups (broad SMARTS) is 2. The van der Waals surface area contributed by atoms with E-state index in [1.165, 1.54) is 6.54 Å². The molecule has 1 unspecified atom stereocenters. The van der Waals surface area contributed by atoms with Gasteiger partial charge >= 0.3 is 11.9 Å². The van der Waals surface area contributed by atoms with Crippen molar-refractivity contribution in [2.75, 3.05) is 39.3 Å². The van der Waals surface area contributed by atoms with Crippen LogP contribution in [0.4, 0.5) is 0 Å². The molecule has 7 nitrogen and oxygen atoms in total. The Morgan fingerprint density at radius 1 is 1.18 bits per heavy atom. The number of morpholine rings is 1. The molecule has 0 radical (unpaired) electrons. The molecular weight excluding hydrogens is 288 g/mol. The molecule has 3 N–H and O–H groups in total. The molecule has 0 aromatic heterocycles. The summed E-state index contributed by atoms with van der Waals surface area (Å²) in [5.74, 6) is -2.18. The maximum Gasteiger partial charge on any atom is 0.414 e. The normalized spacial score (nSPS) is 18.9. The van der Waals surface area contributed by atoms with Crippen molar-refractivity contribution in [1.82, 2.24) is 10.2 Å². The smallest absolute Gasteiger partial charge is 0.414 e. The molecule has 0 amide bonds. The highest BCUT2D eigenvalue weighted by atomic mass is 16.5. The Morgan fingerprint density at radius 2 is 1.77 bits per heavy atom. The van der Waals surface area contributed by atoms with E-state index in [4.69, 9.17) is 24.5 Å². The van der Waals surface area contributed by atoms with Crippen LogP contribution in [0.5, 0.6) is 0 Å². The molecule has 7 heteroatoms. The van der Waals surface area contributed by atoms with Gasteiger partial charge in [0.2, 0.25) is 0 Å². The van der Waals surface area contributed by atoms with Crippen molar-refractivity contribution < 1.29 is 24.5 Å². The number of carboxylic acids is 2. The van der Waals surface area contributed by atoms with Gasteiger partial charge in [0.15, 0.2) is 0 Å². The number of hydrogen-bond acceptors (Lipinski definition) is 5. The first-order valence-corrected chi connectivity index (χ1v) is 7.73. The zero-order valence-electron chi connectivity index (χ0n) is 14.0. The molecule has 130 valence electrons. The molecule has 0 aromatic rings. The van der Waals surface area contributed by atoms with E-state index in [0.717, 1.165) is 44.6 Å². The average molecular weight is 318 g/mol. The molecule has 1 aliphatic rings. The second kappa shape index (κ2) is 11.4. The van der Waals surface area contributed by atoms with Crippen molar-refractivity contribution in [3.8, 4) is 0 Å². The van der Waals surface area contributed by atoms with Crippen LogP contribution >= 0.6 is 0 Å². The predicted molar refractivity (Wildman–Crippen MR) is 84.0 cm³/mol. The fourth-order valence-corrected chi connectivity index (χ4v) is 2.12. The van der Waals surface area contributed by atoms with Crippen LogP contribution in [-0.2, 0) is 14.3 Å². The van der Waals surface area contributed by atoms with Crippen LogP contribution in [0.1, 0.15) is 27.7 Å². The second-order valence-electron chi connectivity index (χ2n) is 6.31. The van der Waals surface area contributed by atoms with Crippen LogP contribution < -0.4 is 5.32 Å². The lowest BCUT2D eigenvalue weighted by molar-refractivity contribution is -0.159. The molecule has 0 aromatic carbocycles. The molecule has 0 bridgehead atoms. The van der Waals surface area contributed by atoms with E-state index in [0.29, 0.717) is 6.10 Å². The summed E-state index contributed by atoms with van der Waals surface area (Å²) < 4.78 is 5.77. The van der Waals surface area contributed by atoms with Gasteiger partial charge in [0.05, 0.1) is 12.7 Å². The number of hydrogen-bond donors (Lipinski definition) is 3. The summed E-state index contributed by atoms with van der Waals surface area (Å²) in [6, 6.07) is 0. The third kappa shape index (κ3) is 11.5. The highest BCUT2D eigenvalue weighted by molar-refractivity contribution is 6.27. The first kappa shape index (κ1) is 20.8. The molecule has 1 saturated heterocycles. The number of ether oxygens (including phenoxy) is 1. The van der Waals surface area contributed by atoms with Crippen molar-refractivity contribution in [3.63, 3.8) is 0 Å². The summed E-state index contributed by atoms with van der Waals surface area (Å²) in [5.41, 5.74) is 0. The Morgan fingerprint density at radius 3 is 2.23 bits per heavy atom. The molecule has 1 atom stereocenters. The largest absolute Gasteiger partial charge is 0.473 e. The van der Waals surface area contributed by atoms with E-state index in [1.807, 2.05) is 0 Å². The molecule has 22 heavy (non-hydrogen) atoms. The number of nitrogens with zero attached hydrogens (tertiary/aromatic N) is 1. The lowest BCUT2D eigenvalue weighted by atomic mass is 10.1. The number of carbonyl (C=O) groups is 2. The van der Waals surface area contributed by atoms with Gasteiger partial charge in [-0.25, -0.2) is 9.59 Å². The fourth-order valence-electron chi connectivity index (χ4n) is 2.12. The van der Waals surface area contributed by atoms with Crippen LogP contribution in [0, 0.1) is 11.8 Å². The zero-order valence-corrected chi connectivity index (χ0v) is 14.0. The monoisotopic (exact) mass is 318 g/mol. The van der Waals surface area contributed by atoms with E-state index in [-0.39, 0.29) is 0 Å². The molecular formula is C15H30N2O5. The van der Waals surface area contributed by atoms with Crippen LogP contribution in [0.15, 0.2) is 0 Å². The summed E-state index contributed by atoms with van der Waals surface area (Å²) >= 11 is 0. The third-order valence-electron chi connectivity index (χ3n) is 2.95. The molecule has 0 aliphatic carbocycles. The van der Waals surface area contributed by atoms with E-state index < -0.39 is 11.9 Å². The molecule has 1 fully saturated rings. The Bertz CT molecular complexity index is 322. The molecule has 1 rings (SSSR count). The van der Waals surface area contributed by atoms with Crippen molar-refractivity contribution >= 4 is 11.9 Å². The SMILES string of the molecule is CC(C)CNCC1CN(CC(C)C)CCO1.O=C(O)C(=O)O. The summed E-state index contributed by atoms with van der Waals surface area (Å²) in [4.78, 5) is 20.7. The van der Waals surface area contributed by atoms with Crippen LogP contribution in [0.2, 0.25) is 0 Å². The minimum absolute atomic E-state index is 0.381. The van der Waals surface area contributed by atoms with Gasteiger partial charge in [-0.3, -0.25) is 4.90 Å². The minimum Gasteiger partial charge on any atom is -0.473 e. The summed E-state index contributed by atoms with van der Waals surface area (Å²) in [6.07, 6.45) is 0.381. The van der Waals surface area contributed by atoms with Gasteiger partial charge < -0.3 is 20.3 Å². The standard InChI is InChI=1S/C13H28N2O.C2H2O4/c1-11(2)7-14-8-13-10-15(5-6-16-13)9-12(3)4;3-1(4)2(5)6/h11-14H,5-10H2,1-4H3;(H,3,4)(H,5,6). The van der Waals surface area contributed by atoms with Gasteiger partial charge in [0, 0.05) is 26.2 Å². The first-order chi connectivity index (χ1) is 10.2. The Hall–Kier alpha value is -1.18. The average Bonchev–Trinajstić information content (AvgIpc) is 2.38. The topological polar surface area (TPSA) is 99.1 Å². The molecule has 1 aliphatic heterocycles. The van der Waals surface area contributed by atoms with Gasteiger partial charge in [-0.15, -0.1) is 0 Å². The van der Waals surface area contributed by atoms with Crippen LogP contribution in [0.25, 0.3) is 0 Å². The van der Waals surface area contributed by atoms with Gasteiger partial charge in [-0.2, -0.15) is 0 Å². The minimum atomic E-state index is -1.82. The van der Waals surface area contributed by atoms with E-state index >= 15 is 0 Å². The van der Waals surface area contributed by atoms with Gasteiger partial charge in [-0.1, -0.05) is 27.7 Å².